The van der Waals surface area contributed by atoms with Crippen molar-refractivity contribution in [1.82, 2.24) is 0 Å². The van der Waals surface area contributed by atoms with Crippen LogP contribution in [-0.2, 0) is 32.7 Å². The van der Waals surface area contributed by atoms with Gasteiger partial charge >= 0.3 is 19.8 Å². The van der Waals surface area contributed by atoms with Crippen molar-refractivity contribution in [3.63, 3.8) is 0 Å². The Kier molecular flexibility index (Phi) is 62.4. The molecule has 0 aromatic rings. The lowest BCUT2D eigenvalue weighted by Crippen LogP contribution is -2.29. The van der Waals surface area contributed by atoms with E-state index in [1.807, 2.05) is 0 Å². The van der Waals surface area contributed by atoms with Crippen LogP contribution in [0.1, 0.15) is 380 Å². The van der Waals surface area contributed by atoms with Crippen molar-refractivity contribution in [2.24, 2.45) is 5.73 Å². The van der Waals surface area contributed by atoms with Gasteiger partial charge < -0.3 is 20.1 Å². The molecule has 2 atom stereocenters. The van der Waals surface area contributed by atoms with Gasteiger partial charge in [-0.05, 0) is 12.8 Å². The number of esters is 2. The van der Waals surface area contributed by atoms with Gasteiger partial charge in [-0.1, -0.05) is 354 Å². The van der Waals surface area contributed by atoms with E-state index in [0.717, 1.165) is 32.1 Å². The van der Waals surface area contributed by atoms with Crippen LogP contribution in [0.3, 0.4) is 0 Å². The molecular weight excluding hydrogens is 966 g/mol. The minimum Gasteiger partial charge on any atom is -0.462 e. The van der Waals surface area contributed by atoms with E-state index in [9.17, 15) is 19.0 Å². The molecular formula is C66H132NO8P. The molecule has 0 aliphatic heterocycles. The van der Waals surface area contributed by atoms with Crippen LogP contribution in [0.4, 0.5) is 0 Å². The van der Waals surface area contributed by atoms with E-state index in [1.54, 1.807) is 0 Å². The van der Waals surface area contributed by atoms with Gasteiger partial charge in [0.2, 0.25) is 0 Å². The Morgan fingerprint density at radius 1 is 0.342 bits per heavy atom. The maximum atomic E-state index is 12.7. The van der Waals surface area contributed by atoms with Crippen molar-refractivity contribution < 1.29 is 37.6 Å². The summed E-state index contributed by atoms with van der Waals surface area (Å²) in [5.74, 6) is -0.798. The van der Waals surface area contributed by atoms with Crippen molar-refractivity contribution in [3.8, 4) is 0 Å². The smallest absolute Gasteiger partial charge is 0.462 e. The molecule has 2 unspecified atom stereocenters. The van der Waals surface area contributed by atoms with Crippen molar-refractivity contribution in [3.05, 3.63) is 0 Å². The number of phosphoric acid groups is 1. The van der Waals surface area contributed by atoms with Gasteiger partial charge in [0.1, 0.15) is 6.61 Å². The summed E-state index contributed by atoms with van der Waals surface area (Å²) in [6.07, 6.45) is 73.4. The van der Waals surface area contributed by atoms with Crippen LogP contribution >= 0.6 is 7.82 Å². The highest BCUT2D eigenvalue weighted by Crippen LogP contribution is 2.43. The first-order valence-corrected chi connectivity index (χ1v) is 35.5. The highest BCUT2D eigenvalue weighted by molar-refractivity contribution is 7.47. The van der Waals surface area contributed by atoms with Crippen LogP contribution in [0.15, 0.2) is 0 Å². The molecule has 0 saturated carbocycles. The summed E-state index contributed by atoms with van der Waals surface area (Å²) < 4.78 is 33.2. The first-order valence-electron chi connectivity index (χ1n) is 34.0. The first kappa shape index (κ1) is 75.0. The summed E-state index contributed by atoms with van der Waals surface area (Å²) in [6.45, 7) is 3.84. The molecule has 0 fully saturated rings. The Hall–Kier alpha value is -0.990. The average Bonchev–Trinajstić information content (AvgIpc) is 3.41. The van der Waals surface area contributed by atoms with Crippen LogP contribution in [0.5, 0.6) is 0 Å². The third-order valence-electron chi connectivity index (χ3n) is 15.7. The van der Waals surface area contributed by atoms with Crippen LogP contribution < -0.4 is 5.73 Å². The van der Waals surface area contributed by atoms with E-state index in [2.05, 4.69) is 13.8 Å². The van der Waals surface area contributed by atoms with Crippen molar-refractivity contribution in [2.45, 2.75) is 386 Å². The molecule has 0 rings (SSSR count). The summed E-state index contributed by atoms with van der Waals surface area (Å²) in [5.41, 5.74) is 5.40. The predicted octanol–water partition coefficient (Wildman–Crippen LogP) is 21.8. The second-order valence-electron chi connectivity index (χ2n) is 23.4. The summed E-state index contributed by atoms with van der Waals surface area (Å²) in [7, 11) is -4.38. The summed E-state index contributed by atoms with van der Waals surface area (Å²) in [4.78, 5) is 35.3. The molecule has 0 aliphatic rings. The van der Waals surface area contributed by atoms with Gasteiger partial charge in [0, 0.05) is 19.4 Å². The minimum atomic E-state index is -4.38. The Balaban J connectivity index is 3.80. The second kappa shape index (κ2) is 63.2. The van der Waals surface area contributed by atoms with E-state index in [0.29, 0.717) is 12.8 Å². The predicted molar refractivity (Wildman–Crippen MR) is 326 cm³/mol. The van der Waals surface area contributed by atoms with E-state index in [-0.39, 0.29) is 32.1 Å². The Morgan fingerprint density at radius 2 is 0.566 bits per heavy atom. The fourth-order valence-corrected chi connectivity index (χ4v) is 11.5. The zero-order valence-corrected chi connectivity index (χ0v) is 51.9. The van der Waals surface area contributed by atoms with E-state index in [1.165, 1.54) is 315 Å². The molecule has 0 heterocycles. The zero-order valence-electron chi connectivity index (χ0n) is 51.0. The zero-order chi connectivity index (χ0) is 55.2. The largest absolute Gasteiger partial charge is 0.472 e. The normalized spacial score (nSPS) is 12.8. The van der Waals surface area contributed by atoms with Gasteiger partial charge in [-0.15, -0.1) is 0 Å². The fraction of sp³-hybridized carbons (Fsp3) is 0.970. The molecule has 0 spiro atoms. The Morgan fingerprint density at radius 3 is 0.803 bits per heavy atom. The number of carbonyl (C=O) groups excluding carboxylic acids is 2. The second-order valence-corrected chi connectivity index (χ2v) is 24.9. The van der Waals surface area contributed by atoms with Crippen LogP contribution in [0.25, 0.3) is 0 Å². The highest BCUT2D eigenvalue weighted by atomic mass is 31.2. The lowest BCUT2D eigenvalue weighted by molar-refractivity contribution is -0.161. The SMILES string of the molecule is CCCCCCCCCCCCCCCCCCCCCCCCCCCCCCCCCC(=O)OC(COC(=O)CCCCCCCCCCCCCCCCCCCCCCCCCC)COP(=O)(O)OCCN. The maximum absolute atomic E-state index is 12.7. The number of hydrogen-bond acceptors (Lipinski definition) is 8. The molecule has 10 heteroatoms. The molecule has 0 bridgehead atoms. The van der Waals surface area contributed by atoms with Crippen molar-refractivity contribution >= 4 is 19.8 Å². The lowest BCUT2D eigenvalue weighted by Gasteiger charge is -2.19. The molecule has 0 saturated heterocycles. The lowest BCUT2D eigenvalue weighted by atomic mass is 10.0. The van der Waals surface area contributed by atoms with Gasteiger partial charge in [0.25, 0.3) is 0 Å². The average molecular weight is 1100 g/mol. The Bertz CT molecular complexity index is 1210. The number of hydrogen-bond donors (Lipinski definition) is 2. The first-order chi connectivity index (χ1) is 37.3. The molecule has 3 N–H and O–H groups in total. The number of rotatable bonds is 66. The van der Waals surface area contributed by atoms with Gasteiger partial charge in [-0.2, -0.15) is 0 Å². The van der Waals surface area contributed by atoms with Gasteiger partial charge in [-0.3, -0.25) is 18.6 Å². The molecule has 9 nitrogen and oxygen atoms in total. The van der Waals surface area contributed by atoms with Crippen LogP contribution in [0.2, 0.25) is 0 Å². The molecule has 76 heavy (non-hydrogen) atoms. The number of phosphoric ester groups is 1. The van der Waals surface area contributed by atoms with Gasteiger partial charge in [0.05, 0.1) is 13.2 Å². The number of carbonyl (C=O) groups is 2. The third kappa shape index (κ3) is 62.2. The Labute approximate surface area is 473 Å². The molecule has 0 aromatic carbocycles. The fourth-order valence-electron chi connectivity index (χ4n) is 10.7. The summed E-state index contributed by atoms with van der Waals surface area (Å²) >= 11 is 0. The number of unbranched alkanes of at least 4 members (excludes halogenated alkanes) is 53. The highest BCUT2D eigenvalue weighted by Gasteiger charge is 2.26. The van der Waals surface area contributed by atoms with Crippen LogP contribution in [-0.4, -0.2) is 49.3 Å². The van der Waals surface area contributed by atoms with Crippen LogP contribution in [0, 0.1) is 0 Å². The van der Waals surface area contributed by atoms with Gasteiger partial charge in [-0.25, -0.2) is 4.57 Å². The summed E-state index contributed by atoms with van der Waals surface area (Å²) in [6, 6.07) is 0. The van der Waals surface area contributed by atoms with E-state index in [4.69, 9.17) is 24.3 Å². The molecule has 0 aliphatic carbocycles. The third-order valence-corrected chi connectivity index (χ3v) is 16.7. The number of ether oxygens (including phenoxy) is 2. The molecule has 454 valence electrons. The standard InChI is InChI=1S/C66H132NO8P/c1-3-5-7-9-11-13-15-17-19-21-23-25-27-29-30-31-32-33-34-35-37-39-41-43-45-47-49-51-53-55-57-59-66(69)75-64(63-74-76(70,71)73-61-60-67)62-72-65(68)58-56-54-52-50-48-46-44-42-40-38-36-28-26-24-22-20-18-16-14-12-10-8-6-4-2/h64H,3-63,67H2,1-2H3,(H,70,71). The monoisotopic (exact) mass is 1100 g/mol. The van der Waals surface area contributed by atoms with Crippen molar-refractivity contribution in [1.29, 1.82) is 0 Å². The summed E-state index contributed by atoms with van der Waals surface area (Å²) in [5, 5.41) is 0. The van der Waals surface area contributed by atoms with Crippen molar-refractivity contribution in [2.75, 3.05) is 26.4 Å². The molecule has 0 aromatic heterocycles. The molecule has 0 radical (unpaired) electrons. The topological polar surface area (TPSA) is 134 Å². The quantitative estimate of drug-likeness (QED) is 0.0347. The van der Waals surface area contributed by atoms with E-state index >= 15 is 0 Å². The number of nitrogens with two attached hydrogens (primary N) is 1. The minimum absolute atomic E-state index is 0.0588. The van der Waals surface area contributed by atoms with E-state index < -0.39 is 26.5 Å². The molecule has 0 amide bonds. The van der Waals surface area contributed by atoms with Gasteiger partial charge in [0.15, 0.2) is 6.10 Å². The maximum Gasteiger partial charge on any atom is 0.472 e.